The van der Waals surface area contributed by atoms with E-state index in [1.165, 1.54) is 11.8 Å². The third-order valence-electron chi connectivity index (χ3n) is 4.29. The lowest BCUT2D eigenvalue weighted by atomic mass is 10.00. The molecule has 6 heteroatoms. The Kier molecular flexibility index (Phi) is 4.56. The molecule has 3 aromatic rings. The molecule has 0 saturated carbocycles. The van der Waals surface area contributed by atoms with Crippen LogP contribution in [0.3, 0.4) is 0 Å². The van der Waals surface area contributed by atoms with Gasteiger partial charge in [-0.05, 0) is 52.9 Å². The molecular weight excluding hydrogens is 358 g/mol. The van der Waals surface area contributed by atoms with Gasteiger partial charge in [0.15, 0.2) is 0 Å². The summed E-state index contributed by atoms with van der Waals surface area (Å²) in [5.41, 5.74) is 4.30. The van der Waals surface area contributed by atoms with Crippen molar-refractivity contribution in [2.75, 3.05) is 10.6 Å². The van der Waals surface area contributed by atoms with E-state index < -0.39 is 5.92 Å². The molecule has 0 fully saturated rings. The number of nitrogens with zero attached hydrogens (tertiary/aromatic N) is 1. The van der Waals surface area contributed by atoms with Gasteiger partial charge in [-0.25, -0.2) is 0 Å². The molecule has 0 radical (unpaired) electrons. The Bertz CT molecular complexity index is 1020. The molecule has 1 aliphatic heterocycles. The second-order valence-electron chi connectivity index (χ2n) is 6.25. The summed E-state index contributed by atoms with van der Waals surface area (Å²) < 4.78 is 0. The number of anilines is 2. The van der Waals surface area contributed by atoms with E-state index in [1.807, 2.05) is 29.6 Å². The average Bonchev–Trinajstić information content (AvgIpc) is 3.28. The molecule has 1 aliphatic rings. The van der Waals surface area contributed by atoms with E-state index >= 15 is 0 Å². The highest BCUT2D eigenvalue weighted by atomic mass is 32.1. The Morgan fingerprint density at radius 2 is 2.00 bits per heavy atom. The van der Waals surface area contributed by atoms with E-state index in [1.54, 1.807) is 41.8 Å². The van der Waals surface area contributed by atoms with Gasteiger partial charge in [0.25, 0.3) is 0 Å². The topological polar surface area (TPSA) is 70.6 Å². The maximum absolute atomic E-state index is 12.4. The van der Waals surface area contributed by atoms with E-state index in [0.29, 0.717) is 5.69 Å². The second-order valence-corrected chi connectivity index (χ2v) is 7.20. The van der Waals surface area contributed by atoms with Crippen LogP contribution < -0.4 is 10.6 Å². The third-order valence-corrected chi connectivity index (χ3v) is 5.21. The molecule has 1 unspecified atom stereocenters. The lowest BCUT2D eigenvalue weighted by Crippen LogP contribution is -2.12. The Labute approximate surface area is 160 Å². The number of nitrogens with one attached hydrogen (secondary N) is 2. The molecule has 4 rings (SSSR count). The van der Waals surface area contributed by atoms with Crippen molar-refractivity contribution in [1.82, 2.24) is 0 Å². The molecule has 27 heavy (non-hydrogen) atoms. The van der Waals surface area contributed by atoms with Crippen LogP contribution in [0.15, 0.2) is 65.0 Å². The molecule has 5 nitrogen and oxygen atoms in total. The summed E-state index contributed by atoms with van der Waals surface area (Å²) in [7, 11) is 0. The first-order valence-electron chi connectivity index (χ1n) is 8.51. The molecule has 1 atom stereocenters. The van der Waals surface area contributed by atoms with Gasteiger partial charge in [-0.15, -0.1) is 11.3 Å². The first kappa shape index (κ1) is 17.2. The molecule has 0 aliphatic carbocycles. The lowest BCUT2D eigenvalue weighted by Gasteiger charge is -2.05. The number of aliphatic imine (C=N–C) groups is 1. The number of fused-ring (bicyclic) bond motifs is 1. The van der Waals surface area contributed by atoms with Crippen molar-refractivity contribution in [2.24, 2.45) is 4.99 Å². The summed E-state index contributed by atoms with van der Waals surface area (Å²) in [5.74, 6) is -0.605. The second kappa shape index (κ2) is 7.17. The van der Waals surface area contributed by atoms with Gasteiger partial charge in [-0.2, -0.15) is 0 Å². The lowest BCUT2D eigenvalue weighted by molar-refractivity contribution is -0.116. The summed E-state index contributed by atoms with van der Waals surface area (Å²) >= 11 is 1.67. The van der Waals surface area contributed by atoms with Gasteiger partial charge in [-0.1, -0.05) is 18.2 Å². The highest BCUT2D eigenvalue weighted by molar-refractivity contribution is 7.13. The number of hydrogen-bond acceptors (Lipinski definition) is 4. The van der Waals surface area contributed by atoms with Gasteiger partial charge in [0.1, 0.15) is 5.92 Å². The third kappa shape index (κ3) is 3.66. The van der Waals surface area contributed by atoms with Crippen molar-refractivity contribution >= 4 is 46.4 Å². The molecule has 0 saturated heterocycles. The maximum Gasteiger partial charge on any atom is 0.237 e. The normalized spacial score (nSPS) is 15.6. The average molecular weight is 375 g/mol. The smallest absolute Gasteiger partial charge is 0.237 e. The SMILES string of the molecule is CC(=O)Nc1ccc(N=CC2C(=O)Nc3cc(-c4cccs4)ccc32)cc1. The first-order chi connectivity index (χ1) is 13.1. The summed E-state index contributed by atoms with van der Waals surface area (Å²) in [6.45, 7) is 1.46. The number of benzene rings is 2. The van der Waals surface area contributed by atoms with Crippen LogP contribution in [0.1, 0.15) is 18.4 Å². The van der Waals surface area contributed by atoms with E-state index in [-0.39, 0.29) is 11.8 Å². The predicted octanol–water partition coefficient (Wildman–Crippen LogP) is 4.81. The summed E-state index contributed by atoms with van der Waals surface area (Å²) in [4.78, 5) is 29.0. The predicted molar refractivity (Wildman–Crippen MR) is 110 cm³/mol. The standard InChI is InChI=1S/C21H17N3O2S/c1-13(25)23-16-7-5-15(6-8-16)22-12-18-17-9-4-14(20-3-2-10-27-20)11-19(17)24-21(18)26/h2-12,18H,1H3,(H,23,25)(H,24,26). The minimum atomic E-state index is -0.410. The molecule has 2 heterocycles. The Morgan fingerprint density at radius 1 is 1.19 bits per heavy atom. The van der Waals surface area contributed by atoms with Crippen LogP contribution >= 0.6 is 11.3 Å². The largest absolute Gasteiger partial charge is 0.326 e. The number of amides is 2. The monoisotopic (exact) mass is 375 g/mol. The van der Waals surface area contributed by atoms with Gasteiger partial charge in [-0.3, -0.25) is 14.6 Å². The van der Waals surface area contributed by atoms with Crippen LogP contribution in [0.2, 0.25) is 0 Å². The zero-order chi connectivity index (χ0) is 18.8. The fourth-order valence-corrected chi connectivity index (χ4v) is 3.75. The van der Waals surface area contributed by atoms with E-state index in [2.05, 4.69) is 21.7 Å². The van der Waals surface area contributed by atoms with E-state index in [9.17, 15) is 9.59 Å². The van der Waals surface area contributed by atoms with Crippen molar-refractivity contribution in [3.63, 3.8) is 0 Å². The number of thiophene rings is 1. The zero-order valence-electron chi connectivity index (χ0n) is 14.6. The highest BCUT2D eigenvalue weighted by Gasteiger charge is 2.29. The zero-order valence-corrected chi connectivity index (χ0v) is 15.4. The minimum Gasteiger partial charge on any atom is -0.326 e. The number of carbonyl (C=O) groups is 2. The Morgan fingerprint density at radius 3 is 2.70 bits per heavy atom. The van der Waals surface area contributed by atoms with Gasteiger partial charge in [0.05, 0.1) is 5.69 Å². The van der Waals surface area contributed by atoms with Crippen molar-refractivity contribution in [2.45, 2.75) is 12.8 Å². The maximum atomic E-state index is 12.4. The molecule has 134 valence electrons. The van der Waals surface area contributed by atoms with Crippen LogP contribution in [0, 0.1) is 0 Å². The molecular formula is C21H17N3O2S. The molecule has 1 aromatic heterocycles. The van der Waals surface area contributed by atoms with Gasteiger partial charge in [0.2, 0.25) is 11.8 Å². The molecule has 2 N–H and O–H groups in total. The quantitative estimate of drug-likeness (QED) is 0.642. The first-order valence-corrected chi connectivity index (χ1v) is 9.38. The van der Waals surface area contributed by atoms with Gasteiger partial charge in [0, 0.05) is 29.4 Å². The molecule has 0 bridgehead atoms. The van der Waals surface area contributed by atoms with Crippen molar-refractivity contribution in [3.8, 4) is 10.4 Å². The fourth-order valence-electron chi connectivity index (χ4n) is 3.03. The van der Waals surface area contributed by atoms with E-state index in [4.69, 9.17) is 0 Å². The van der Waals surface area contributed by atoms with Crippen molar-refractivity contribution in [1.29, 1.82) is 0 Å². The number of carbonyl (C=O) groups excluding carboxylic acids is 2. The van der Waals surface area contributed by atoms with Crippen molar-refractivity contribution in [3.05, 3.63) is 65.5 Å². The summed E-state index contributed by atoms with van der Waals surface area (Å²) in [6.07, 6.45) is 1.67. The number of rotatable bonds is 4. The van der Waals surface area contributed by atoms with Crippen molar-refractivity contribution < 1.29 is 9.59 Å². The summed E-state index contributed by atoms with van der Waals surface area (Å²) in [5, 5.41) is 7.69. The minimum absolute atomic E-state index is 0.0769. The Balaban J connectivity index is 1.54. The van der Waals surface area contributed by atoms with E-state index in [0.717, 1.165) is 22.5 Å². The Hall–Kier alpha value is -3.25. The van der Waals surface area contributed by atoms with Crippen LogP contribution in [0.25, 0.3) is 10.4 Å². The number of hydrogen-bond donors (Lipinski definition) is 2. The van der Waals surface area contributed by atoms with Crippen LogP contribution in [0.5, 0.6) is 0 Å². The molecule has 2 aromatic carbocycles. The molecule has 2 amide bonds. The fraction of sp³-hybridized carbons (Fsp3) is 0.0952. The van der Waals surface area contributed by atoms with Gasteiger partial charge >= 0.3 is 0 Å². The molecule has 0 spiro atoms. The van der Waals surface area contributed by atoms with Crippen LogP contribution in [-0.4, -0.2) is 18.0 Å². The highest BCUT2D eigenvalue weighted by Crippen LogP contribution is 2.36. The van der Waals surface area contributed by atoms with Gasteiger partial charge < -0.3 is 10.6 Å². The van der Waals surface area contributed by atoms with Crippen LogP contribution in [0.4, 0.5) is 17.1 Å². The van der Waals surface area contributed by atoms with Crippen LogP contribution in [-0.2, 0) is 9.59 Å². The summed E-state index contributed by atoms with van der Waals surface area (Å²) in [6, 6.07) is 17.3.